The number of aromatic nitrogens is 4. The van der Waals surface area contributed by atoms with Gasteiger partial charge in [-0.15, -0.1) is 0 Å². The molecule has 122 valence electrons. The number of anilines is 1. The molecule has 3 heterocycles. The number of hydrogen-bond acceptors (Lipinski definition) is 5. The van der Waals surface area contributed by atoms with Crippen LogP contribution in [-0.2, 0) is 4.79 Å². The zero-order chi connectivity index (χ0) is 16.6. The van der Waals surface area contributed by atoms with Crippen molar-refractivity contribution in [3.8, 4) is 5.82 Å². The summed E-state index contributed by atoms with van der Waals surface area (Å²) in [6.07, 6.45) is 1.54. The lowest BCUT2D eigenvalue weighted by atomic mass is 9.99. The van der Waals surface area contributed by atoms with E-state index >= 15 is 0 Å². The number of nitrogens with zero attached hydrogens (tertiary/aromatic N) is 5. The summed E-state index contributed by atoms with van der Waals surface area (Å²) in [6.45, 7) is 9.27. The van der Waals surface area contributed by atoms with Crippen LogP contribution < -0.4 is 10.2 Å². The van der Waals surface area contributed by atoms with Crippen molar-refractivity contribution in [3.05, 3.63) is 29.8 Å². The van der Waals surface area contributed by atoms with Crippen LogP contribution in [0.15, 0.2) is 18.5 Å². The van der Waals surface area contributed by atoms with Crippen LogP contribution in [0.1, 0.15) is 25.2 Å². The largest absolute Gasteiger partial charge is 0.355 e. The predicted octanol–water partition coefficient (Wildman–Crippen LogP) is 1.24. The Labute approximate surface area is 135 Å². The molecule has 1 aliphatic heterocycles. The number of amides is 1. The molecule has 2 aromatic heterocycles. The van der Waals surface area contributed by atoms with E-state index in [2.05, 4.69) is 25.3 Å². The Balaban J connectivity index is 1.70. The highest BCUT2D eigenvalue weighted by atomic mass is 16.2. The molecule has 0 atom stereocenters. The number of aryl methyl sites for hydroxylation is 2. The second kappa shape index (κ2) is 5.98. The number of rotatable bonds is 4. The molecule has 0 saturated carbocycles. The van der Waals surface area contributed by atoms with Crippen LogP contribution in [-0.4, -0.2) is 44.8 Å². The fraction of sp³-hybridized carbons (Fsp3) is 0.500. The lowest BCUT2D eigenvalue weighted by Gasteiger charge is -2.39. The number of nitrogens with one attached hydrogen (secondary N) is 1. The standard InChI is InChI=1S/C16H22N6O/c1-10(2)19-16(23)13-7-21(8-13)14-6-15(18-9-17-14)22-12(4)5-11(3)20-22/h5-6,9-10,13H,7-8H2,1-4H3,(H,19,23). The lowest BCUT2D eigenvalue weighted by molar-refractivity contribution is -0.126. The first kappa shape index (κ1) is 15.5. The third kappa shape index (κ3) is 3.18. The summed E-state index contributed by atoms with van der Waals surface area (Å²) in [5.74, 6) is 1.72. The van der Waals surface area contributed by atoms with Crippen molar-refractivity contribution in [2.45, 2.75) is 33.7 Å². The molecule has 1 aliphatic rings. The first-order chi connectivity index (χ1) is 10.9. The smallest absolute Gasteiger partial charge is 0.226 e. The van der Waals surface area contributed by atoms with Crippen LogP contribution in [0.4, 0.5) is 5.82 Å². The summed E-state index contributed by atoms with van der Waals surface area (Å²) >= 11 is 0. The minimum Gasteiger partial charge on any atom is -0.355 e. The van der Waals surface area contributed by atoms with E-state index in [1.54, 1.807) is 6.33 Å². The van der Waals surface area contributed by atoms with Crippen LogP contribution in [0.25, 0.3) is 5.82 Å². The molecule has 7 heteroatoms. The van der Waals surface area contributed by atoms with Crippen LogP contribution in [0, 0.1) is 19.8 Å². The van der Waals surface area contributed by atoms with Gasteiger partial charge in [0.15, 0.2) is 5.82 Å². The van der Waals surface area contributed by atoms with Crippen molar-refractivity contribution in [2.24, 2.45) is 5.92 Å². The third-order valence-electron chi connectivity index (χ3n) is 3.87. The second-order valence-electron chi connectivity index (χ2n) is 6.34. The zero-order valence-electron chi connectivity index (χ0n) is 13.9. The van der Waals surface area contributed by atoms with E-state index < -0.39 is 0 Å². The third-order valence-corrected chi connectivity index (χ3v) is 3.87. The molecule has 23 heavy (non-hydrogen) atoms. The maximum atomic E-state index is 12.0. The summed E-state index contributed by atoms with van der Waals surface area (Å²) < 4.78 is 1.81. The van der Waals surface area contributed by atoms with Crippen LogP contribution >= 0.6 is 0 Å². The molecule has 1 amide bonds. The van der Waals surface area contributed by atoms with Gasteiger partial charge in [0, 0.05) is 30.9 Å². The Kier molecular flexibility index (Phi) is 4.02. The normalized spacial score (nSPS) is 14.9. The van der Waals surface area contributed by atoms with Gasteiger partial charge in [0.05, 0.1) is 11.6 Å². The van der Waals surface area contributed by atoms with Gasteiger partial charge < -0.3 is 10.2 Å². The highest BCUT2D eigenvalue weighted by Gasteiger charge is 2.33. The molecule has 0 spiro atoms. The Morgan fingerprint density at radius 3 is 2.52 bits per heavy atom. The maximum absolute atomic E-state index is 12.0. The Bertz CT molecular complexity index is 717. The summed E-state index contributed by atoms with van der Waals surface area (Å²) in [7, 11) is 0. The van der Waals surface area contributed by atoms with Gasteiger partial charge in [-0.25, -0.2) is 14.6 Å². The number of carbonyl (C=O) groups excluding carboxylic acids is 1. The van der Waals surface area contributed by atoms with Crippen molar-refractivity contribution in [2.75, 3.05) is 18.0 Å². The fourth-order valence-corrected chi connectivity index (χ4v) is 2.72. The van der Waals surface area contributed by atoms with Crippen molar-refractivity contribution >= 4 is 11.7 Å². The van der Waals surface area contributed by atoms with Gasteiger partial charge >= 0.3 is 0 Å². The highest BCUT2D eigenvalue weighted by Crippen LogP contribution is 2.24. The maximum Gasteiger partial charge on any atom is 0.226 e. The molecule has 2 aromatic rings. The molecular weight excluding hydrogens is 292 g/mol. The molecular formula is C16H22N6O. The molecule has 0 radical (unpaired) electrons. The van der Waals surface area contributed by atoms with E-state index in [0.717, 1.165) is 23.0 Å². The van der Waals surface area contributed by atoms with Crippen molar-refractivity contribution in [1.82, 2.24) is 25.1 Å². The number of hydrogen-bond donors (Lipinski definition) is 1. The average molecular weight is 314 g/mol. The first-order valence-electron chi connectivity index (χ1n) is 7.85. The molecule has 1 saturated heterocycles. The highest BCUT2D eigenvalue weighted by molar-refractivity contribution is 5.82. The zero-order valence-corrected chi connectivity index (χ0v) is 13.9. The minimum atomic E-state index is 0.0319. The van der Waals surface area contributed by atoms with E-state index in [1.165, 1.54) is 0 Å². The Hall–Kier alpha value is -2.44. The fourth-order valence-electron chi connectivity index (χ4n) is 2.72. The second-order valence-corrected chi connectivity index (χ2v) is 6.34. The minimum absolute atomic E-state index is 0.0319. The van der Waals surface area contributed by atoms with Gasteiger partial charge in [-0.05, 0) is 33.8 Å². The van der Waals surface area contributed by atoms with Gasteiger partial charge in [0.2, 0.25) is 5.91 Å². The first-order valence-corrected chi connectivity index (χ1v) is 7.85. The van der Waals surface area contributed by atoms with Crippen LogP contribution in [0.5, 0.6) is 0 Å². The quantitative estimate of drug-likeness (QED) is 0.919. The Morgan fingerprint density at radius 2 is 1.91 bits per heavy atom. The SMILES string of the molecule is Cc1cc(C)n(-c2cc(N3CC(C(=O)NC(C)C)C3)ncn2)n1. The molecule has 0 unspecified atom stereocenters. The van der Waals surface area contributed by atoms with E-state index in [1.807, 2.05) is 44.5 Å². The molecule has 0 bridgehead atoms. The summed E-state index contributed by atoms with van der Waals surface area (Å²) in [4.78, 5) is 22.7. The van der Waals surface area contributed by atoms with Crippen molar-refractivity contribution < 1.29 is 4.79 Å². The summed E-state index contributed by atoms with van der Waals surface area (Å²) in [6, 6.07) is 4.10. The van der Waals surface area contributed by atoms with Crippen molar-refractivity contribution in [1.29, 1.82) is 0 Å². The lowest BCUT2D eigenvalue weighted by Crippen LogP contribution is -2.55. The van der Waals surface area contributed by atoms with E-state index in [-0.39, 0.29) is 17.9 Å². The van der Waals surface area contributed by atoms with Gasteiger partial charge in [-0.1, -0.05) is 0 Å². The Morgan fingerprint density at radius 1 is 1.22 bits per heavy atom. The predicted molar refractivity (Wildman–Crippen MR) is 87.6 cm³/mol. The molecule has 7 nitrogen and oxygen atoms in total. The van der Waals surface area contributed by atoms with Crippen LogP contribution in [0.3, 0.4) is 0 Å². The topological polar surface area (TPSA) is 75.9 Å². The van der Waals surface area contributed by atoms with Crippen LogP contribution in [0.2, 0.25) is 0 Å². The average Bonchev–Trinajstić information content (AvgIpc) is 2.75. The summed E-state index contributed by atoms with van der Waals surface area (Å²) in [5.41, 5.74) is 1.99. The molecule has 3 rings (SSSR count). The van der Waals surface area contributed by atoms with Gasteiger partial charge in [0.25, 0.3) is 0 Å². The van der Waals surface area contributed by atoms with E-state index in [4.69, 9.17) is 0 Å². The molecule has 0 aromatic carbocycles. The van der Waals surface area contributed by atoms with Crippen molar-refractivity contribution in [3.63, 3.8) is 0 Å². The van der Waals surface area contributed by atoms with E-state index in [0.29, 0.717) is 13.1 Å². The monoisotopic (exact) mass is 314 g/mol. The van der Waals surface area contributed by atoms with E-state index in [9.17, 15) is 4.79 Å². The molecule has 0 aliphatic carbocycles. The molecule has 1 fully saturated rings. The van der Waals surface area contributed by atoms with Gasteiger partial charge in [-0.2, -0.15) is 5.10 Å². The summed E-state index contributed by atoms with van der Waals surface area (Å²) in [5, 5.41) is 7.40. The van der Waals surface area contributed by atoms with Gasteiger partial charge in [-0.3, -0.25) is 4.79 Å². The number of carbonyl (C=O) groups is 1. The molecule has 1 N–H and O–H groups in total. The van der Waals surface area contributed by atoms with Gasteiger partial charge in [0.1, 0.15) is 12.1 Å².